The van der Waals surface area contributed by atoms with E-state index < -0.39 is 7.44 Å². The number of benzene rings is 1. The summed E-state index contributed by atoms with van der Waals surface area (Å²) in [6.45, 7) is 6.22. The van der Waals surface area contributed by atoms with E-state index in [9.17, 15) is 4.57 Å². The molecule has 0 N–H and O–H groups in total. The molecule has 86 valence electrons. The normalized spacial score (nSPS) is 40.1. The highest BCUT2D eigenvalue weighted by Gasteiger charge is 2.55. The molecule has 2 saturated heterocycles. The van der Waals surface area contributed by atoms with Crippen LogP contribution in [0.4, 0.5) is 0 Å². The molecule has 0 saturated carbocycles. The van der Waals surface area contributed by atoms with Crippen molar-refractivity contribution < 1.29 is 4.57 Å². The van der Waals surface area contributed by atoms with E-state index in [1.54, 1.807) is 0 Å². The van der Waals surface area contributed by atoms with Gasteiger partial charge in [0.05, 0.1) is 0 Å². The first-order valence-corrected chi connectivity index (χ1v) is 7.45. The Kier molecular flexibility index (Phi) is 2.25. The van der Waals surface area contributed by atoms with Gasteiger partial charge in [-0.15, -0.1) is 0 Å². The molecule has 2 aliphatic rings. The molecule has 2 aliphatic heterocycles. The third kappa shape index (κ3) is 1.46. The van der Waals surface area contributed by atoms with E-state index in [-0.39, 0.29) is 0 Å². The van der Waals surface area contributed by atoms with E-state index in [0.717, 1.165) is 18.4 Å². The molecule has 3 rings (SSSR count). The second kappa shape index (κ2) is 3.43. The number of hydrogen-bond acceptors (Lipinski definition) is 1. The molecule has 0 spiro atoms. The molecule has 0 amide bonds. The maximum Gasteiger partial charge on any atom is 0.246 e. The van der Waals surface area contributed by atoms with Crippen LogP contribution >= 0.6 is 7.44 Å². The van der Waals surface area contributed by atoms with Crippen molar-refractivity contribution >= 4 is 12.7 Å². The molecule has 0 bridgehead atoms. The van der Waals surface area contributed by atoms with Gasteiger partial charge in [-0.2, -0.15) is 0 Å². The lowest BCUT2D eigenvalue weighted by Gasteiger charge is -2.21. The van der Waals surface area contributed by atoms with Gasteiger partial charge in [-0.1, -0.05) is 18.2 Å². The summed E-state index contributed by atoms with van der Waals surface area (Å²) in [7, 11) is -2.44. The monoisotopic (exact) mass is 236 g/mol. The van der Waals surface area contributed by atoms with Gasteiger partial charge in [-0.05, 0) is 26.0 Å². The van der Waals surface area contributed by atoms with Crippen molar-refractivity contribution in [3.05, 3.63) is 30.3 Å². The van der Waals surface area contributed by atoms with Gasteiger partial charge >= 0.3 is 0 Å². The van der Waals surface area contributed by atoms with Gasteiger partial charge in [0.25, 0.3) is 0 Å². The van der Waals surface area contributed by atoms with Crippen molar-refractivity contribution in [1.82, 2.24) is 9.34 Å². The molecule has 0 aromatic heterocycles. The maximum atomic E-state index is 13.2. The average Bonchev–Trinajstić information content (AvgIpc) is 3.18. The van der Waals surface area contributed by atoms with E-state index in [2.05, 4.69) is 23.2 Å². The van der Waals surface area contributed by atoms with Crippen LogP contribution in [-0.4, -0.2) is 34.5 Å². The smallest absolute Gasteiger partial charge is 0.246 e. The van der Waals surface area contributed by atoms with Crippen LogP contribution in [0, 0.1) is 0 Å². The predicted octanol–water partition coefficient (Wildman–Crippen LogP) is 1.91. The van der Waals surface area contributed by atoms with E-state index >= 15 is 0 Å². The zero-order valence-electron chi connectivity index (χ0n) is 9.71. The quantitative estimate of drug-likeness (QED) is 0.591. The van der Waals surface area contributed by atoms with Crippen molar-refractivity contribution in [3.8, 4) is 0 Å². The highest BCUT2D eigenvalue weighted by Crippen LogP contribution is 2.63. The summed E-state index contributed by atoms with van der Waals surface area (Å²) in [4.78, 5) is 0. The Labute approximate surface area is 96.5 Å². The standard InChI is InChI=1S/C12H17N2OP/c1-10-8-13(10)16(15,14-9-11(14)2)12-6-4-3-5-7-12/h3-7,10-11H,8-9H2,1-2H3. The van der Waals surface area contributed by atoms with E-state index in [1.165, 1.54) is 0 Å². The minimum atomic E-state index is -2.44. The number of hydrogen-bond donors (Lipinski definition) is 0. The summed E-state index contributed by atoms with van der Waals surface area (Å²) in [6, 6.07) is 10.9. The summed E-state index contributed by atoms with van der Waals surface area (Å²) < 4.78 is 17.5. The Morgan fingerprint density at radius 1 is 1.06 bits per heavy atom. The molecule has 1 aromatic rings. The number of nitrogens with zero attached hydrogens (tertiary/aromatic N) is 2. The second-order valence-corrected chi connectivity index (χ2v) is 7.45. The molecule has 16 heavy (non-hydrogen) atoms. The van der Waals surface area contributed by atoms with Gasteiger partial charge in [-0.25, -0.2) is 9.34 Å². The fourth-order valence-corrected chi connectivity index (χ4v) is 5.70. The van der Waals surface area contributed by atoms with Gasteiger partial charge in [0, 0.05) is 30.5 Å². The van der Waals surface area contributed by atoms with Gasteiger partial charge in [0.15, 0.2) is 0 Å². The lowest BCUT2D eigenvalue weighted by Crippen LogP contribution is -2.19. The Balaban J connectivity index is 2.00. The fraction of sp³-hybridized carbons (Fsp3) is 0.500. The Morgan fingerprint density at radius 3 is 1.88 bits per heavy atom. The molecule has 4 atom stereocenters. The minimum absolute atomic E-state index is 0.471. The van der Waals surface area contributed by atoms with Gasteiger partial charge in [-0.3, -0.25) is 4.57 Å². The van der Waals surface area contributed by atoms with Crippen LogP contribution in [0.25, 0.3) is 0 Å². The van der Waals surface area contributed by atoms with Crippen LogP contribution in [0.5, 0.6) is 0 Å². The summed E-state index contributed by atoms with van der Waals surface area (Å²) in [6.07, 6.45) is 0. The minimum Gasteiger partial charge on any atom is -0.283 e. The summed E-state index contributed by atoms with van der Waals surface area (Å²) in [5.41, 5.74) is 0. The van der Waals surface area contributed by atoms with E-state index in [0.29, 0.717) is 12.1 Å². The zero-order chi connectivity index (χ0) is 11.3. The SMILES string of the molecule is CC1CN1P(=O)(c1ccccc1)N1CC1C. The van der Waals surface area contributed by atoms with Gasteiger partial charge in [0.2, 0.25) is 7.44 Å². The molecule has 4 unspecified atom stereocenters. The topological polar surface area (TPSA) is 23.1 Å². The van der Waals surface area contributed by atoms with Crippen molar-refractivity contribution in [2.24, 2.45) is 0 Å². The van der Waals surface area contributed by atoms with Crippen LogP contribution in [0.15, 0.2) is 30.3 Å². The largest absolute Gasteiger partial charge is 0.283 e. The first-order chi connectivity index (χ1) is 7.64. The van der Waals surface area contributed by atoms with Crippen LogP contribution in [0.1, 0.15) is 13.8 Å². The lowest BCUT2D eigenvalue weighted by molar-refractivity contribution is 0.516. The van der Waals surface area contributed by atoms with Crippen molar-refractivity contribution in [2.45, 2.75) is 25.9 Å². The summed E-state index contributed by atoms with van der Waals surface area (Å²) >= 11 is 0. The van der Waals surface area contributed by atoms with Gasteiger partial charge in [0.1, 0.15) is 0 Å². The Morgan fingerprint density at radius 2 is 1.50 bits per heavy atom. The van der Waals surface area contributed by atoms with Crippen molar-refractivity contribution in [2.75, 3.05) is 13.1 Å². The molecule has 2 fully saturated rings. The summed E-state index contributed by atoms with van der Waals surface area (Å²) in [5, 5.41) is 0.990. The molecule has 4 heteroatoms. The zero-order valence-corrected chi connectivity index (χ0v) is 10.6. The van der Waals surface area contributed by atoms with Crippen LogP contribution in [0.2, 0.25) is 0 Å². The Hall–Kier alpha value is -0.630. The van der Waals surface area contributed by atoms with Crippen LogP contribution in [-0.2, 0) is 4.57 Å². The van der Waals surface area contributed by atoms with Gasteiger partial charge < -0.3 is 0 Å². The molecule has 0 aliphatic carbocycles. The first kappa shape index (κ1) is 10.5. The van der Waals surface area contributed by atoms with E-state index in [4.69, 9.17) is 0 Å². The van der Waals surface area contributed by atoms with Crippen LogP contribution < -0.4 is 5.30 Å². The fourth-order valence-electron chi connectivity index (χ4n) is 2.27. The highest BCUT2D eigenvalue weighted by molar-refractivity contribution is 7.67. The molecular formula is C12H17N2OP. The molecule has 2 heterocycles. The third-order valence-electron chi connectivity index (χ3n) is 3.44. The molecular weight excluding hydrogens is 219 g/mol. The summed E-state index contributed by atoms with van der Waals surface area (Å²) in [5.74, 6) is 0. The molecule has 1 aromatic carbocycles. The maximum absolute atomic E-state index is 13.2. The van der Waals surface area contributed by atoms with E-state index in [1.807, 2.05) is 30.3 Å². The second-order valence-electron chi connectivity index (χ2n) is 4.82. The van der Waals surface area contributed by atoms with Crippen molar-refractivity contribution in [3.63, 3.8) is 0 Å². The third-order valence-corrected chi connectivity index (χ3v) is 6.92. The number of rotatable bonds is 3. The Bertz CT molecular complexity index is 428. The van der Waals surface area contributed by atoms with Crippen molar-refractivity contribution in [1.29, 1.82) is 0 Å². The molecule has 3 nitrogen and oxygen atoms in total. The highest BCUT2D eigenvalue weighted by atomic mass is 31.2. The predicted molar refractivity (Wildman–Crippen MR) is 66.0 cm³/mol. The average molecular weight is 236 g/mol. The lowest BCUT2D eigenvalue weighted by atomic mass is 10.4. The first-order valence-electron chi connectivity index (χ1n) is 5.84. The molecule has 0 radical (unpaired) electrons. The van der Waals surface area contributed by atoms with Crippen LogP contribution in [0.3, 0.4) is 0 Å².